The van der Waals surface area contributed by atoms with Gasteiger partial charge in [-0.1, -0.05) is 6.07 Å². The van der Waals surface area contributed by atoms with E-state index in [4.69, 9.17) is 9.47 Å². The first-order chi connectivity index (χ1) is 10.8. The number of carbonyl (C=O) groups is 1. The second kappa shape index (κ2) is 8.06. The molecule has 0 bridgehead atoms. The number of ether oxygens (including phenoxy) is 2. The van der Waals surface area contributed by atoms with Crippen molar-refractivity contribution >= 4 is 17.2 Å². The Morgan fingerprint density at radius 1 is 1.45 bits per heavy atom. The Labute approximate surface area is 135 Å². The summed E-state index contributed by atoms with van der Waals surface area (Å²) in [5.74, 6) is 0.116. The van der Waals surface area contributed by atoms with E-state index in [9.17, 15) is 4.79 Å². The standard InChI is InChI=1S/C16H24N2O3S/c19-16-15(13-5-3-12-22-13)18(9-7-17-16)8-4-11-21-14-6-1-2-10-20-14/h3,5,12,14-15H,1-2,4,6-11H2,(H,17,19)/t14-,15-/m0/s1. The molecule has 2 atom stereocenters. The van der Waals surface area contributed by atoms with Gasteiger partial charge < -0.3 is 14.8 Å². The van der Waals surface area contributed by atoms with E-state index in [1.54, 1.807) is 11.3 Å². The van der Waals surface area contributed by atoms with Crippen molar-refractivity contribution < 1.29 is 14.3 Å². The Kier molecular flexibility index (Phi) is 5.83. The Hall–Kier alpha value is -0.950. The van der Waals surface area contributed by atoms with Gasteiger partial charge in [0.2, 0.25) is 5.91 Å². The van der Waals surface area contributed by atoms with Crippen LogP contribution in [0.4, 0.5) is 0 Å². The molecule has 0 spiro atoms. The number of hydrogen-bond acceptors (Lipinski definition) is 5. The van der Waals surface area contributed by atoms with E-state index < -0.39 is 0 Å². The average Bonchev–Trinajstić information content (AvgIpc) is 3.06. The summed E-state index contributed by atoms with van der Waals surface area (Å²) in [4.78, 5) is 15.6. The summed E-state index contributed by atoms with van der Waals surface area (Å²) in [5.41, 5.74) is 0. The highest BCUT2D eigenvalue weighted by atomic mass is 32.1. The van der Waals surface area contributed by atoms with Gasteiger partial charge in [0, 0.05) is 31.1 Å². The van der Waals surface area contributed by atoms with E-state index in [1.165, 1.54) is 6.42 Å². The van der Waals surface area contributed by atoms with E-state index in [1.807, 2.05) is 17.5 Å². The maximum absolute atomic E-state index is 12.2. The molecule has 2 fully saturated rings. The Morgan fingerprint density at radius 3 is 3.18 bits per heavy atom. The van der Waals surface area contributed by atoms with Crippen LogP contribution >= 0.6 is 11.3 Å². The molecule has 3 heterocycles. The molecule has 0 aromatic carbocycles. The highest BCUT2D eigenvalue weighted by Crippen LogP contribution is 2.27. The van der Waals surface area contributed by atoms with Gasteiger partial charge in [-0.3, -0.25) is 9.69 Å². The minimum absolute atomic E-state index is 0.0218. The molecule has 0 radical (unpaired) electrons. The lowest BCUT2D eigenvalue weighted by atomic mass is 10.1. The van der Waals surface area contributed by atoms with Gasteiger partial charge in [0.25, 0.3) is 0 Å². The van der Waals surface area contributed by atoms with Crippen LogP contribution in [0.3, 0.4) is 0 Å². The van der Waals surface area contributed by atoms with Gasteiger partial charge in [0.1, 0.15) is 6.04 Å². The third-order valence-corrected chi connectivity index (χ3v) is 5.08. The molecule has 1 N–H and O–H groups in total. The van der Waals surface area contributed by atoms with Crippen molar-refractivity contribution in [2.75, 3.05) is 32.8 Å². The Balaban J connectivity index is 1.46. The molecule has 1 aromatic rings. The molecule has 5 nitrogen and oxygen atoms in total. The lowest BCUT2D eigenvalue weighted by Crippen LogP contribution is -2.50. The van der Waals surface area contributed by atoms with Crippen molar-refractivity contribution in [1.82, 2.24) is 10.2 Å². The normalized spacial score (nSPS) is 26.8. The number of carbonyl (C=O) groups excluding carboxylic acids is 1. The first-order valence-corrected chi connectivity index (χ1v) is 9.01. The van der Waals surface area contributed by atoms with Crippen molar-refractivity contribution in [3.8, 4) is 0 Å². The van der Waals surface area contributed by atoms with Gasteiger partial charge in [-0.15, -0.1) is 11.3 Å². The fourth-order valence-electron chi connectivity index (χ4n) is 3.04. The molecule has 1 amide bonds. The minimum atomic E-state index is -0.139. The average molecular weight is 324 g/mol. The summed E-state index contributed by atoms with van der Waals surface area (Å²) in [6.45, 7) is 4.02. The van der Waals surface area contributed by atoms with Crippen LogP contribution in [0.15, 0.2) is 17.5 Å². The molecule has 122 valence electrons. The molecular formula is C16H24N2O3S. The fourth-order valence-corrected chi connectivity index (χ4v) is 3.89. The number of thiophene rings is 1. The summed E-state index contributed by atoms with van der Waals surface area (Å²) < 4.78 is 11.3. The number of hydrogen-bond donors (Lipinski definition) is 1. The van der Waals surface area contributed by atoms with E-state index >= 15 is 0 Å². The molecule has 0 unspecified atom stereocenters. The van der Waals surface area contributed by atoms with Crippen molar-refractivity contribution in [2.45, 2.75) is 38.0 Å². The molecule has 1 aromatic heterocycles. The topological polar surface area (TPSA) is 50.8 Å². The monoisotopic (exact) mass is 324 g/mol. The zero-order chi connectivity index (χ0) is 15.2. The minimum Gasteiger partial charge on any atom is -0.353 e. The lowest BCUT2D eigenvalue weighted by Gasteiger charge is -2.34. The summed E-state index contributed by atoms with van der Waals surface area (Å²) in [6.07, 6.45) is 4.24. The molecule has 2 aliphatic heterocycles. The van der Waals surface area contributed by atoms with Gasteiger partial charge in [-0.25, -0.2) is 0 Å². The maximum Gasteiger partial charge on any atom is 0.242 e. The van der Waals surface area contributed by atoms with Gasteiger partial charge in [0.15, 0.2) is 6.29 Å². The van der Waals surface area contributed by atoms with Crippen LogP contribution in [0.5, 0.6) is 0 Å². The van der Waals surface area contributed by atoms with E-state index in [0.717, 1.165) is 50.4 Å². The van der Waals surface area contributed by atoms with E-state index in [2.05, 4.69) is 10.2 Å². The molecule has 2 aliphatic rings. The van der Waals surface area contributed by atoms with Crippen LogP contribution in [0, 0.1) is 0 Å². The number of nitrogens with zero attached hydrogens (tertiary/aromatic N) is 1. The number of piperazine rings is 1. The van der Waals surface area contributed by atoms with Crippen LogP contribution in [-0.4, -0.2) is 49.9 Å². The SMILES string of the molecule is O=C1NCCN(CCCO[C@H]2CCCCO2)[C@H]1c1cccs1. The van der Waals surface area contributed by atoms with E-state index in [-0.39, 0.29) is 18.2 Å². The third-order valence-electron chi connectivity index (χ3n) is 4.16. The van der Waals surface area contributed by atoms with Crippen LogP contribution in [0.25, 0.3) is 0 Å². The predicted octanol–water partition coefficient (Wildman–Crippen LogP) is 2.15. The molecule has 22 heavy (non-hydrogen) atoms. The zero-order valence-electron chi connectivity index (χ0n) is 12.8. The quantitative estimate of drug-likeness (QED) is 0.815. The summed E-state index contributed by atoms with van der Waals surface area (Å²) in [7, 11) is 0. The Morgan fingerprint density at radius 2 is 2.41 bits per heavy atom. The van der Waals surface area contributed by atoms with Crippen LogP contribution < -0.4 is 5.32 Å². The van der Waals surface area contributed by atoms with Crippen LogP contribution in [0.1, 0.15) is 36.6 Å². The summed E-state index contributed by atoms with van der Waals surface area (Å²) in [5, 5.41) is 4.99. The highest BCUT2D eigenvalue weighted by molar-refractivity contribution is 7.10. The number of rotatable bonds is 6. The molecule has 6 heteroatoms. The number of amides is 1. The third kappa shape index (κ3) is 4.07. The largest absolute Gasteiger partial charge is 0.353 e. The smallest absolute Gasteiger partial charge is 0.242 e. The van der Waals surface area contributed by atoms with Crippen molar-refractivity contribution in [3.05, 3.63) is 22.4 Å². The molecule has 0 saturated carbocycles. The second-order valence-electron chi connectivity index (χ2n) is 5.77. The van der Waals surface area contributed by atoms with Gasteiger partial charge in [-0.05, 0) is 37.1 Å². The molecule has 2 saturated heterocycles. The predicted molar refractivity (Wildman–Crippen MR) is 85.8 cm³/mol. The first-order valence-electron chi connectivity index (χ1n) is 8.13. The second-order valence-corrected chi connectivity index (χ2v) is 6.74. The van der Waals surface area contributed by atoms with Gasteiger partial charge >= 0.3 is 0 Å². The van der Waals surface area contributed by atoms with Crippen LogP contribution in [-0.2, 0) is 14.3 Å². The lowest BCUT2D eigenvalue weighted by molar-refractivity contribution is -0.163. The van der Waals surface area contributed by atoms with Crippen LogP contribution in [0.2, 0.25) is 0 Å². The molecular weight excluding hydrogens is 300 g/mol. The molecule has 3 rings (SSSR count). The highest BCUT2D eigenvalue weighted by Gasteiger charge is 2.31. The summed E-state index contributed by atoms with van der Waals surface area (Å²) >= 11 is 1.65. The van der Waals surface area contributed by atoms with Crippen molar-refractivity contribution in [3.63, 3.8) is 0 Å². The van der Waals surface area contributed by atoms with Gasteiger partial charge in [0.05, 0.1) is 6.61 Å². The maximum atomic E-state index is 12.2. The zero-order valence-corrected chi connectivity index (χ0v) is 13.6. The first kappa shape index (κ1) is 15.9. The van der Waals surface area contributed by atoms with E-state index in [0.29, 0.717) is 6.61 Å². The van der Waals surface area contributed by atoms with Crippen molar-refractivity contribution in [1.29, 1.82) is 0 Å². The fraction of sp³-hybridized carbons (Fsp3) is 0.688. The van der Waals surface area contributed by atoms with Crippen molar-refractivity contribution in [2.24, 2.45) is 0 Å². The summed E-state index contributed by atoms with van der Waals surface area (Å²) in [6, 6.07) is 3.91. The Bertz CT molecular complexity index is 460. The molecule has 0 aliphatic carbocycles. The van der Waals surface area contributed by atoms with Gasteiger partial charge in [-0.2, -0.15) is 0 Å². The number of nitrogens with one attached hydrogen (secondary N) is 1.